The number of aryl methyl sites for hydroxylation is 1. The fourth-order valence-corrected chi connectivity index (χ4v) is 2.01. The summed E-state index contributed by atoms with van der Waals surface area (Å²) in [5, 5.41) is 5.63. The van der Waals surface area contributed by atoms with Crippen molar-refractivity contribution in [1.29, 1.82) is 0 Å². The molecule has 4 nitrogen and oxygen atoms in total. The number of halogens is 1. The van der Waals surface area contributed by atoms with E-state index in [1.54, 1.807) is 6.92 Å². The lowest BCUT2D eigenvalue weighted by molar-refractivity contribution is 0.369. The lowest BCUT2D eigenvalue weighted by Crippen LogP contribution is -1.98. The van der Waals surface area contributed by atoms with E-state index < -0.39 is 0 Å². The van der Waals surface area contributed by atoms with Crippen LogP contribution in [0, 0.1) is 6.92 Å². The molecule has 5 heteroatoms. The molecular formula is C12H10ClN3O. The Kier molecular flexibility index (Phi) is 2.37. The smallest absolute Gasteiger partial charge is 0.246 e. The first-order valence-electron chi connectivity index (χ1n) is 5.26. The van der Waals surface area contributed by atoms with E-state index in [9.17, 15) is 0 Å². The van der Waals surface area contributed by atoms with Crippen molar-refractivity contribution >= 4 is 22.5 Å². The molecule has 0 amide bonds. The molecule has 2 heterocycles. The van der Waals surface area contributed by atoms with Gasteiger partial charge in [0.25, 0.3) is 0 Å². The maximum atomic E-state index is 5.99. The van der Waals surface area contributed by atoms with E-state index in [1.165, 1.54) is 0 Å². The second-order valence-corrected chi connectivity index (χ2v) is 4.32. The van der Waals surface area contributed by atoms with E-state index in [-0.39, 0.29) is 0 Å². The van der Waals surface area contributed by atoms with Crippen molar-refractivity contribution in [3.63, 3.8) is 0 Å². The van der Waals surface area contributed by atoms with Gasteiger partial charge in [-0.2, -0.15) is 4.98 Å². The van der Waals surface area contributed by atoms with Crippen LogP contribution in [0.2, 0.25) is 5.02 Å². The molecule has 0 radical (unpaired) electrons. The monoisotopic (exact) mass is 247 g/mol. The van der Waals surface area contributed by atoms with Crippen LogP contribution in [0.15, 0.2) is 35.0 Å². The van der Waals surface area contributed by atoms with Crippen molar-refractivity contribution in [1.82, 2.24) is 14.7 Å². The summed E-state index contributed by atoms with van der Waals surface area (Å²) in [6.45, 7) is 2.36. The summed E-state index contributed by atoms with van der Waals surface area (Å²) in [5.41, 5.74) is 1.06. The van der Waals surface area contributed by atoms with Gasteiger partial charge in [0, 0.05) is 16.7 Å². The molecule has 0 aliphatic carbocycles. The molecule has 86 valence electrons. The summed E-state index contributed by atoms with van der Waals surface area (Å²) in [5.74, 6) is 1.24. The van der Waals surface area contributed by atoms with Crippen molar-refractivity contribution < 1.29 is 4.52 Å². The van der Waals surface area contributed by atoms with Crippen LogP contribution in [0.1, 0.15) is 11.7 Å². The minimum absolute atomic E-state index is 0.560. The number of fused-ring (bicyclic) bond motifs is 1. The molecule has 3 aromatic rings. The molecule has 0 aliphatic rings. The lowest BCUT2D eigenvalue weighted by Gasteiger charge is -2.01. The summed E-state index contributed by atoms with van der Waals surface area (Å²) in [6, 6.07) is 7.84. The molecule has 0 atom stereocenters. The molecule has 0 bridgehead atoms. The van der Waals surface area contributed by atoms with Crippen molar-refractivity contribution in [2.24, 2.45) is 0 Å². The van der Waals surface area contributed by atoms with E-state index in [0.717, 1.165) is 15.9 Å². The predicted octanol–water partition coefficient (Wildman–Crippen LogP) is 3.03. The van der Waals surface area contributed by atoms with E-state index >= 15 is 0 Å². The van der Waals surface area contributed by atoms with Crippen molar-refractivity contribution in [2.75, 3.05) is 0 Å². The summed E-state index contributed by atoms with van der Waals surface area (Å²) in [4.78, 5) is 4.18. The highest BCUT2D eigenvalue weighted by Gasteiger charge is 2.06. The third kappa shape index (κ3) is 1.91. The molecule has 2 aromatic heterocycles. The Labute approximate surface area is 103 Å². The molecule has 0 aliphatic heterocycles. The van der Waals surface area contributed by atoms with E-state index in [0.29, 0.717) is 18.3 Å². The average molecular weight is 248 g/mol. The molecule has 0 unspecified atom stereocenters. The van der Waals surface area contributed by atoms with E-state index in [2.05, 4.69) is 10.1 Å². The van der Waals surface area contributed by atoms with Crippen LogP contribution in [0.5, 0.6) is 0 Å². The Hall–Kier alpha value is -1.81. The molecular weight excluding hydrogens is 238 g/mol. The average Bonchev–Trinajstić information content (AvgIpc) is 2.87. The van der Waals surface area contributed by atoms with Crippen LogP contribution in [0.4, 0.5) is 0 Å². The van der Waals surface area contributed by atoms with Gasteiger partial charge in [-0.3, -0.25) is 0 Å². The Bertz CT molecular complexity index is 671. The third-order valence-electron chi connectivity index (χ3n) is 2.61. The van der Waals surface area contributed by atoms with Gasteiger partial charge in [0.2, 0.25) is 5.89 Å². The fourth-order valence-electron chi connectivity index (χ4n) is 1.84. The van der Waals surface area contributed by atoms with Crippen LogP contribution < -0.4 is 0 Å². The third-order valence-corrected chi connectivity index (χ3v) is 2.85. The van der Waals surface area contributed by atoms with Crippen LogP contribution in [0.3, 0.4) is 0 Å². The second-order valence-electron chi connectivity index (χ2n) is 3.88. The second kappa shape index (κ2) is 3.89. The summed E-state index contributed by atoms with van der Waals surface area (Å²) in [7, 11) is 0. The van der Waals surface area contributed by atoms with Crippen LogP contribution >= 0.6 is 11.6 Å². The predicted molar refractivity (Wildman–Crippen MR) is 65.1 cm³/mol. The highest BCUT2D eigenvalue weighted by atomic mass is 35.5. The van der Waals surface area contributed by atoms with Gasteiger partial charge >= 0.3 is 0 Å². The molecule has 0 N–H and O–H groups in total. The number of rotatable bonds is 2. The topological polar surface area (TPSA) is 43.9 Å². The Morgan fingerprint density at radius 2 is 2.24 bits per heavy atom. The molecule has 3 rings (SSSR count). The van der Waals surface area contributed by atoms with Crippen molar-refractivity contribution in [2.45, 2.75) is 13.5 Å². The molecule has 0 fully saturated rings. The molecule has 1 aromatic carbocycles. The zero-order valence-corrected chi connectivity index (χ0v) is 9.98. The molecule has 0 saturated heterocycles. The standard InChI is InChI=1S/C12H10ClN3O/c1-8-14-12(17-15-8)7-16-5-4-9-2-3-10(13)6-11(9)16/h2-6H,7H2,1H3. The first-order valence-corrected chi connectivity index (χ1v) is 5.64. The first kappa shape index (κ1) is 10.4. The van der Waals surface area contributed by atoms with Crippen LogP contribution in [-0.4, -0.2) is 14.7 Å². The largest absolute Gasteiger partial charge is 0.338 e. The zero-order chi connectivity index (χ0) is 11.8. The normalized spacial score (nSPS) is 11.2. The SMILES string of the molecule is Cc1noc(Cn2ccc3ccc(Cl)cc32)n1. The van der Waals surface area contributed by atoms with E-state index in [4.69, 9.17) is 16.1 Å². The Morgan fingerprint density at radius 1 is 1.35 bits per heavy atom. The van der Waals surface area contributed by atoms with Gasteiger partial charge in [-0.1, -0.05) is 22.8 Å². The number of hydrogen-bond acceptors (Lipinski definition) is 3. The van der Waals surface area contributed by atoms with Crippen molar-refractivity contribution in [3.8, 4) is 0 Å². The number of benzene rings is 1. The number of nitrogens with zero attached hydrogens (tertiary/aromatic N) is 3. The Morgan fingerprint density at radius 3 is 3.00 bits per heavy atom. The van der Waals surface area contributed by atoms with Gasteiger partial charge in [-0.15, -0.1) is 0 Å². The van der Waals surface area contributed by atoms with Crippen molar-refractivity contribution in [3.05, 3.63) is 47.2 Å². The van der Waals surface area contributed by atoms with Gasteiger partial charge in [0.1, 0.15) is 6.54 Å². The van der Waals surface area contributed by atoms with Gasteiger partial charge in [-0.25, -0.2) is 0 Å². The lowest BCUT2D eigenvalue weighted by atomic mass is 10.2. The van der Waals surface area contributed by atoms with Gasteiger partial charge in [-0.05, 0) is 30.5 Å². The maximum absolute atomic E-state index is 5.99. The maximum Gasteiger partial charge on any atom is 0.246 e. The van der Waals surface area contributed by atoms with Gasteiger partial charge < -0.3 is 9.09 Å². The zero-order valence-electron chi connectivity index (χ0n) is 9.22. The minimum Gasteiger partial charge on any atom is -0.338 e. The van der Waals surface area contributed by atoms with Crippen LogP contribution in [0.25, 0.3) is 10.9 Å². The number of aromatic nitrogens is 3. The first-order chi connectivity index (χ1) is 8.22. The minimum atomic E-state index is 0.560. The number of hydrogen-bond donors (Lipinski definition) is 0. The fraction of sp³-hybridized carbons (Fsp3) is 0.167. The molecule has 0 saturated carbocycles. The van der Waals surface area contributed by atoms with E-state index in [1.807, 2.05) is 35.0 Å². The summed E-state index contributed by atoms with van der Waals surface area (Å²) in [6.07, 6.45) is 1.99. The van der Waals surface area contributed by atoms with Crippen LogP contribution in [-0.2, 0) is 6.54 Å². The quantitative estimate of drug-likeness (QED) is 0.699. The highest BCUT2D eigenvalue weighted by molar-refractivity contribution is 6.31. The highest BCUT2D eigenvalue weighted by Crippen LogP contribution is 2.21. The van der Waals surface area contributed by atoms with Gasteiger partial charge in [0.05, 0.1) is 0 Å². The Balaban J connectivity index is 2.03. The summed E-state index contributed by atoms with van der Waals surface area (Å²) < 4.78 is 7.14. The van der Waals surface area contributed by atoms with Gasteiger partial charge in [0.15, 0.2) is 5.82 Å². The molecule has 17 heavy (non-hydrogen) atoms. The molecule has 0 spiro atoms. The summed E-state index contributed by atoms with van der Waals surface area (Å²) >= 11 is 5.99.